The van der Waals surface area contributed by atoms with Crippen LogP contribution in [0.2, 0.25) is 5.02 Å². The lowest BCUT2D eigenvalue weighted by molar-refractivity contribution is -0.116. The second-order valence-corrected chi connectivity index (χ2v) is 5.40. The number of hydrogen-bond donors (Lipinski definition) is 2. The van der Waals surface area contributed by atoms with Crippen LogP contribution in [-0.2, 0) is 4.79 Å². The van der Waals surface area contributed by atoms with E-state index in [1.807, 2.05) is 39.0 Å². The smallest absolute Gasteiger partial charge is 0.247 e. The third-order valence-corrected chi connectivity index (χ3v) is 3.57. The van der Waals surface area contributed by atoms with Crippen molar-refractivity contribution in [3.05, 3.63) is 52.7 Å². The zero-order valence-corrected chi connectivity index (χ0v) is 13.0. The molecule has 0 saturated carbocycles. The van der Waals surface area contributed by atoms with Crippen molar-refractivity contribution in [1.29, 1.82) is 0 Å². The molecule has 5 heteroatoms. The predicted molar refractivity (Wildman–Crippen MR) is 86.9 cm³/mol. The number of anilines is 2. The number of benzene rings is 1. The van der Waals surface area contributed by atoms with Crippen LogP contribution in [0.15, 0.2) is 36.5 Å². The first-order valence-corrected chi connectivity index (χ1v) is 7.10. The van der Waals surface area contributed by atoms with Gasteiger partial charge in [0.25, 0.3) is 0 Å². The highest BCUT2D eigenvalue weighted by Crippen LogP contribution is 2.19. The highest BCUT2D eigenvalue weighted by molar-refractivity contribution is 6.30. The van der Waals surface area contributed by atoms with Gasteiger partial charge >= 0.3 is 0 Å². The van der Waals surface area contributed by atoms with Crippen LogP contribution in [0.25, 0.3) is 0 Å². The summed E-state index contributed by atoms with van der Waals surface area (Å²) >= 11 is 5.76. The first kappa shape index (κ1) is 15.3. The molecule has 2 N–H and O–H groups in total. The highest BCUT2D eigenvalue weighted by Gasteiger charge is 2.14. The molecule has 0 spiro atoms. The van der Waals surface area contributed by atoms with Gasteiger partial charge in [-0.05, 0) is 50.1 Å². The van der Waals surface area contributed by atoms with Crippen LogP contribution in [0.4, 0.5) is 11.5 Å². The quantitative estimate of drug-likeness (QED) is 0.903. The maximum absolute atomic E-state index is 12.2. The number of carbonyl (C=O) groups excluding carboxylic acids is 1. The number of carbonyl (C=O) groups is 1. The molecule has 0 fully saturated rings. The molecule has 0 aliphatic rings. The molecule has 1 amide bonds. The van der Waals surface area contributed by atoms with Crippen LogP contribution < -0.4 is 10.6 Å². The van der Waals surface area contributed by atoms with Crippen LogP contribution in [0.5, 0.6) is 0 Å². The molecule has 1 aromatic carbocycles. The van der Waals surface area contributed by atoms with Gasteiger partial charge < -0.3 is 10.6 Å². The van der Waals surface area contributed by atoms with E-state index in [4.69, 9.17) is 11.6 Å². The number of pyridine rings is 1. The van der Waals surface area contributed by atoms with E-state index < -0.39 is 0 Å². The van der Waals surface area contributed by atoms with E-state index in [1.165, 1.54) is 11.8 Å². The van der Waals surface area contributed by atoms with Crippen molar-refractivity contribution in [2.45, 2.75) is 26.8 Å². The Hall–Kier alpha value is -2.07. The molecule has 21 heavy (non-hydrogen) atoms. The molecule has 0 aliphatic carbocycles. The molecule has 1 aromatic heterocycles. The van der Waals surface area contributed by atoms with Crippen LogP contribution >= 0.6 is 11.6 Å². The van der Waals surface area contributed by atoms with Crippen molar-refractivity contribution < 1.29 is 4.79 Å². The van der Waals surface area contributed by atoms with Crippen LogP contribution in [0.3, 0.4) is 0 Å². The summed E-state index contributed by atoms with van der Waals surface area (Å²) in [6.07, 6.45) is 1.50. The number of rotatable bonds is 4. The molecule has 0 saturated heterocycles. The Morgan fingerprint density at radius 2 is 2.00 bits per heavy atom. The summed E-state index contributed by atoms with van der Waals surface area (Å²) in [5, 5.41) is 6.51. The number of halogens is 1. The van der Waals surface area contributed by atoms with E-state index in [0.29, 0.717) is 10.8 Å². The topological polar surface area (TPSA) is 54.0 Å². The second-order valence-electron chi connectivity index (χ2n) is 4.96. The Morgan fingerprint density at radius 1 is 1.24 bits per heavy atom. The Morgan fingerprint density at radius 3 is 2.67 bits per heavy atom. The number of aromatic nitrogens is 1. The average molecular weight is 304 g/mol. The lowest BCUT2D eigenvalue weighted by Crippen LogP contribution is -2.32. The molecule has 1 unspecified atom stereocenters. The number of aryl methyl sites for hydroxylation is 1. The number of hydrogen-bond acceptors (Lipinski definition) is 3. The lowest BCUT2D eigenvalue weighted by atomic mass is 10.1. The van der Waals surface area contributed by atoms with Crippen molar-refractivity contribution in [1.82, 2.24) is 4.98 Å². The minimum atomic E-state index is -0.372. The summed E-state index contributed by atoms with van der Waals surface area (Å²) < 4.78 is 0. The maximum Gasteiger partial charge on any atom is 0.247 e. The molecule has 1 heterocycles. The normalized spacial score (nSPS) is 11.8. The van der Waals surface area contributed by atoms with E-state index in [2.05, 4.69) is 15.6 Å². The second kappa shape index (κ2) is 6.59. The van der Waals surface area contributed by atoms with Crippen LogP contribution in [0, 0.1) is 13.8 Å². The van der Waals surface area contributed by atoms with Crippen molar-refractivity contribution >= 4 is 29.0 Å². The summed E-state index contributed by atoms with van der Waals surface area (Å²) in [6.45, 7) is 5.89. The molecular weight excluding hydrogens is 286 g/mol. The monoisotopic (exact) mass is 303 g/mol. The molecule has 2 aromatic rings. The third kappa shape index (κ3) is 3.95. The van der Waals surface area contributed by atoms with Gasteiger partial charge in [0.2, 0.25) is 5.91 Å². The van der Waals surface area contributed by atoms with Gasteiger partial charge in [0, 0.05) is 11.9 Å². The number of nitrogens with zero attached hydrogens (tertiary/aromatic N) is 1. The molecular formula is C16H18ClN3O. The first-order chi connectivity index (χ1) is 9.97. The Labute approximate surface area is 129 Å². The fraction of sp³-hybridized carbons (Fsp3) is 0.250. The Kier molecular flexibility index (Phi) is 4.81. The van der Waals surface area contributed by atoms with E-state index in [0.717, 1.165) is 11.3 Å². The summed E-state index contributed by atoms with van der Waals surface area (Å²) in [7, 11) is 0. The predicted octanol–water partition coefficient (Wildman–Crippen LogP) is 3.79. The zero-order valence-electron chi connectivity index (χ0n) is 12.3. The van der Waals surface area contributed by atoms with E-state index in [1.54, 1.807) is 12.1 Å². The minimum Gasteiger partial charge on any atom is -0.374 e. The van der Waals surface area contributed by atoms with Gasteiger partial charge in [-0.25, -0.2) is 4.98 Å². The summed E-state index contributed by atoms with van der Waals surface area (Å²) in [6, 6.07) is 8.96. The van der Waals surface area contributed by atoms with Gasteiger partial charge in [-0.15, -0.1) is 0 Å². The molecule has 2 rings (SSSR count). The molecule has 0 bridgehead atoms. The number of nitrogens with one attached hydrogen (secondary N) is 2. The Balaban J connectivity index is 2.02. The Bertz CT molecular complexity index is 640. The average Bonchev–Trinajstić information content (AvgIpc) is 2.46. The summed E-state index contributed by atoms with van der Waals surface area (Å²) in [5.41, 5.74) is 3.29. The van der Waals surface area contributed by atoms with Gasteiger partial charge in [0.15, 0.2) is 0 Å². The van der Waals surface area contributed by atoms with Crippen molar-refractivity contribution in [3.63, 3.8) is 0 Å². The minimum absolute atomic E-state index is 0.147. The fourth-order valence-electron chi connectivity index (χ4n) is 1.89. The maximum atomic E-state index is 12.2. The molecule has 1 atom stereocenters. The molecule has 4 nitrogen and oxygen atoms in total. The largest absolute Gasteiger partial charge is 0.374 e. The summed E-state index contributed by atoms with van der Waals surface area (Å²) in [4.78, 5) is 16.2. The van der Waals surface area contributed by atoms with E-state index in [-0.39, 0.29) is 11.9 Å². The summed E-state index contributed by atoms with van der Waals surface area (Å²) in [5.74, 6) is 0.338. The van der Waals surface area contributed by atoms with Gasteiger partial charge in [-0.2, -0.15) is 0 Å². The van der Waals surface area contributed by atoms with E-state index in [9.17, 15) is 4.79 Å². The molecule has 110 valence electrons. The van der Waals surface area contributed by atoms with Crippen molar-refractivity contribution in [2.24, 2.45) is 0 Å². The molecule has 0 aliphatic heterocycles. The van der Waals surface area contributed by atoms with Crippen molar-refractivity contribution in [2.75, 3.05) is 10.6 Å². The fourth-order valence-corrected chi connectivity index (χ4v) is 2.00. The standard InChI is InChI=1S/C16H18ClN3O/c1-10-5-4-6-14(11(10)2)19-12(3)16(21)20-15-8-7-13(17)9-18-15/h4-9,12,19H,1-3H3,(H,18,20,21). The first-order valence-electron chi connectivity index (χ1n) is 6.72. The lowest BCUT2D eigenvalue weighted by Gasteiger charge is -2.17. The SMILES string of the molecule is Cc1cccc(NC(C)C(=O)Nc2ccc(Cl)cn2)c1C. The highest BCUT2D eigenvalue weighted by atomic mass is 35.5. The third-order valence-electron chi connectivity index (χ3n) is 3.35. The van der Waals surface area contributed by atoms with Gasteiger partial charge in [0.05, 0.1) is 5.02 Å². The van der Waals surface area contributed by atoms with Crippen LogP contribution in [-0.4, -0.2) is 16.9 Å². The van der Waals surface area contributed by atoms with Gasteiger partial charge in [0.1, 0.15) is 11.9 Å². The zero-order chi connectivity index (χ0) is 15.4. The van der Waals surface area contributed by atoms with E-state index >= 15 is 0 Å². The number of amides is 1. The van der Waals surface area contributed by atoms with Gasteiger partial charge in [-0.3, -0.25) is 4.79 Å². The van der Waals surface area contributed by atoms with Gasteiger partial charge in [-0.1, -0.05) is 23.7 Å². The van der Waals surface area contributed by atoms with Crippen LogP contribution in [0.1, 0.15) is 18.1 Å². The molecule has 0 radical (unpaired) electrons. The van der Waals surface area contributed by atoms with Crippen molar-refractivity contribution in [3.8, 4) is 0 Å².